The first-order valence-corrected chi connectivity index (χ1v) is 9.79. The molecule has 1 aromatic carbocycles. The normalized spacial score (nSPS) is 13.6. The molecular formula is C22H24N4O2. The molecule has 1 aliphatic rings. The van der Waals surface area contributed by atoms with Crippen LogP contribution in [0.3, 0.4) is 0 Å². The van der Waals surface area contributed by atoms with Crippen molar-refractivity contribution in [3.8, 4) is 11.3 Å². The zero-order valence-corrected chi connectivity index (χ0v) is 15.8. The van der Waals surface area contributed by atoms with E-state index in [9.17, 15) is 4.79 Å². The maximum Gasteiger partial charge on any atom is 0.224 e. The SMILES string of the molecule is O=C(CCCc1ncc(-c2ccccc2)o1)Nc1ccc(N2CCCC2)nc1. The number of aryl methyl sites for hydroxylation is 1. The fourth-order valence-corrected chi connectivity index (χ4v) is 3.38. The van der Waals surface area contributed by atoms with Crippen molar-refractivity contribution >= 4 is 17.4 Å². The highest BCUT2D eigenvalue weighted by Gasteiger charge is 2.13. The average Bonchev–Trinajstić information content (AvgIpc) is 3.42. The van der Waals surface area contributed by atoms with Gasteiger partial charge in [0.2, 0.25) is 5.91 Å². The van der Waals surface area contributed by atoms with Gasteiger partial charge in [-0.1, -0.05) is 30.3 Å². The number of anilines is 2. The number of aromatic nitrogens is 2. The smallest absolute Gasteiger partial charge is 0.224 e. The summed E-state index contributed by atoms with van der Waals surface area (Å²) in [6, 6.07) is 13.8. The molecule has 3 heterocycles. The second-order valence-electron chi connectivity index (χ2n) is 6.99. The van der Waals surface area contributed by atoms with Gasteiger partial charge in [-0.3, -0.25) is 4.79 Å². The molecule has 2 aromatic heterocycles. The Morgan fingerprint density at radius 1 is 1.04 bits per heavy atom. The molecule has 3 aromatic rings. The van der Waals surface area contributed by atoms with E-state index in [4.69, 9.17) is 4.42 Å². The lowest BCUT2D eigenvalue weighted by Gasteiger charge is -2.16. The van der Waals surface area contributed by atoms with Crippen molar-refractivity contribution in [3.05, 3.63) is 60.7 Å². The molecule has 28 heavy (non-hydrogen) atoms. The third-order valence-corrected chi connectivity index (χ3v) is 4.87. The molecule has 0 bridgehead atoms. The summed E-state index contributed by atoms with van der Waals surface area (Å²) in [6.45, 7) is 2.12. The minimum Gasteiger partial charge on any atom is -0.441 e. The van der Waals surface area contributed by atoms with Crippen LogP contribution in [0, 0.1) is 0 Å². The van der Waals surface area contributed by atoms with Crippen molar-refractivity contribution in [1.29, 1.82) is 0 Å². The van der Waals surface area contributed by atoms with E-state index in [1.807, 2.05) is 42.5 Å². The van der Waals surface area contributed by atoms with Crippen LogP contribution in [0.5, 0.6) is 0 Å². The Bertz CT molecular complexity index is 900. The lowest BCUT2D eigenvalue weighted by atomic mass is 10.2. The molecule has 0 atom stereocenters. The molecular weight excluding hydrogens is 352 g/mol. The number of oxazole rings is 1. The van der Waals surface area contributed by atoms with Gasteiger partial charge in [-0.2, -0.15) is 0 Å². The fourth-order valence-electron chi connectivity index (χ4n) is 3.38. The highest BCUT2D eigenvalue weighted by Crippen LogP contribution is 2.21. The number of nitrogens with one attached hydrogen (secondary N) is 1. The summed E-state index contributed by atoms with van der Waals surface area (Å²) >= 11 is 0. The minimum atomic E-state index is -0.0226. The molecule has 1 N–H and O–H groups in total. The summed E-state index contributed by atoms with van der Waals surface area (Å²) in [4.78, 5) is 23.2. The number of carbonyl (C=O) groups excluding carboxylic acids is 1. The van der Waals surface area contributed by atoms with E-state index in [1.165, 1.54) is 12.8 Å². The molecule has 0 radical (unpaired) electrons. The summed E-state index contributed by atoms with van der Waals surface area (Å²) < 4.78 is 5.77. The Morgan fingerprint density at radius 2 is 1.86 bits per heavy atom. The standard InChI is InChI=1S/C22H24N4O2/c27-21(25-18-11-12-20(23-15-18)26-13-4-5-14-26)9-6-10-22-24-16-19(28-22)17-7-2-1-3-8-17/h1-3,7-8,11-12,15-16H,4-6,9-10,13-14H2,(H,25,27). The predicted molar refractivity (Wildman–Crippen MR) is 109 cm³/mol. The van der Waals surface area contributed by atoms with Crippen LogP contribution in [0.15, 0.2) is 59.3 Å². The van der Waals surface area contributed by atoms with Crippen molar-refractivity contribution in [2.45, 2.75) is 32.1 Å². The average molecular weight is 376 g/mol. The number of carbonyl (C=O) groups is 1. The third kappa shape index (κ3) is 4.57. The predicted octanol–water partition coefficient (Wildman–Crippen LogP) is 4.30. The number of hydrogen-bond donors (Lipinski definition) is 1. The van der Waals surface area contributed by atoms with Gasteiger partial charge in [-0.15, -0.1) is 0 Å². The molecule has 0 spiro atoms. The van der Waals surface area contributed by atoms with Crippen molar-refractivity contribution < 1.29 is 9.21 Å². The number of amides is 1. The Labute approximate surface area is 164 Å². The zero-order valence-electron chi connectivity index (χ0n) is 15.8. The number of hydrogen-bond acceptors (Lipinski definition) is 5. The Morgan fingerprint density at radius 3 is 2.61 bits per heavy atom. The molecule has 0 saturated carbocycles. The van der Waals surface area contributed by atoms with Crippen LogP contribution in [0.4, 0.5) is 11.5 Å². The van der Waals surface area contributed by atoms with Crippen LogP contribution in [0.25, 0.3) is 11.3 Å². The van der Waals surface area contributed by atoms with Crippen LogP contribution in [-0.4, -0.2) is 29.0 Å². The van der Waals surface area contributed by atoms with Crippen LogP contribution < -0.4 is 10.2 Å². The first-order valence-electron chi connectivity index (χ1n) is 9.79. The van der Waals surface area contributed by atoms with Gasteiger partial charge >= 0.3 is 0 Å². The van der Waals surface area contributed by atoms with Gasteiger partial charge in [0, 0.05) is 31.5 Å². The quantitative estimate of drug-likeness (QED) is 0.666. The molecule has 1 aliphatic heterocycles. The third-order valence-electron chi connectivity index (χ3n) is 4.87. The van der Waals surface area contributed by atoms with E-state index in [2.05, 4.69) is 20.2 Å². The molecule has 1 fully saturated rings. The monoisotopic (exact) mass is 376 g/mol. The second-order valence-corrected chi connectivity index (χ2v) is 6.99. The highest BCUT2D eigenvalue weighted by molar-refractivity contribution is 5.90. The lowest BCUT2D eigenvalue weighted by molar-refractivity contribution is -0.116. The van der Waals surface area contributed by atoms with Crippen LogP contribution in [-0.2, 0) is 11.2 Å². The van der Waals surface area contributed by atoms with E-state index < -0.39 is 0 Å². The fraction of sp³-hybridized carbons (Fsp3) is 0.318. The van der Waals surface area contributed by atoms with Gasteiger partial charge in [0.1, 0.15) is 5.82 Å². The largest absolute Gasteiger partial charge is 0.441 e. The highest BCUT2D eigenvalue weighted by atomic mass is 16.4. The van der Waals surface area contributed by atoms with Crippen molar-refractivity contribution in [3.63, 3.8) is 0 Å². The van der Waals surface area contributed by atoms with E-state index in [0.29, 0.717) is 25.2 Å². The van der Waals surface area contributed by atoms with Crippen LogP contribution in [0.1, 0.15) is 31.6 Å². The van der Waals surface area contributed by atoms with E-state index in [1.54, 1.807) is 12.4 Å². The summed E-state index contributed by atoms with van der Waals surface area (Å²) in [7, 11) is 0. The molecule has 6 heteroatoms. The zero-order chi connectivity index (χ0) is 19.2. The number of pyridine rings is 1. The van der Waals surface area contributed by atoms with Gasteiger partial charge in [0.25, 0.3) is 0 Å². The van der Waals surface area contributed by atoms with Gasteiger partial charge in [-0.05, 0) is 31.4 Å². The minimum absolute atomic E-state index is 0.0226. The van der Waals surface area contributed by atoms with Gasteiger partial charge < -0.3 is 14.6 Å². The Kier molecular flexibility index (Phi) is 5.66. The number of nitrogens with zero attached hydrogens (tertiary/aromatic N) is 3. The topological polar surface area (TPSA) is 71.3 Å². The van der Waals surface area contributed by atoms with Gasteiger partial charge in [0.15, 0.2) is 11.7 Å². The molecule has 0 aliphatic carbocycles. The molecule has 1 amide bonds. The maximum atomic E-state index is 12.2. The molecule has 4 rings (SSSR count). The summed E-state index contributed by atoms with van der Waals surface area (Å²) in [5.74, 6) is 2.37. The number of benzene rings is 1. The van der Waals surface area contributed by atoms with E-state index >= 15 is 0 Å². The maximum absolute atomic E-state index is 12.2. The molecule has 144 valence electrons. The molecule has 6 nitrogen and oxygen atoms in total. The van der Waals surface area contributed by atoms with E-state index in [-0.39, 0.29) is 5.91 Å². The number of rotatable bonds is 7. The first kappa shape index (κ1) is 18.2. The van der Waals surface area contributed by atoms with Crippen molar-refractivity contribution in [2.24, 2.45) is 0 Å². The molecule has 0 unspecified atom stereocenters. The van der Waals surface area contributed by atoms with Crippen LogP contribution in [0.2, 0.25) is 0 Å². The second kappa shape index (κ2) is 8.69. The summed E-state index contributed by atoms with van der Waals surface area (Å²) in [6.07, 6.45) is 7.63. The van der Waals surface area contributed by atoms with Gasteiger partial charge in [-0.25, -0.2) is 9.97 Å². The van der Waals surface area contributed by atoms with Crippen LogP contribution >= 0.6 is 0 Å². The van der Waals surface area contributed by atoms with E-state index in [0.717, 1.165) is 35.9 Å². The lowest BCUT2D eigenvalue weighted by Crippen LogP contribution is -2.19. The Balaban J connectivity index is 1.23. The molecule has 1 saturated heterocycles. The van der Waals surface area contributed by atoms with Crippen molar-refractivity contribution in [1.82, 2.24) is 9.97 Å². The Hall–Kier alpha value is -3.15. The first-order chi connectivity index (χ1) is 13.8. The van der Waals surface area contributed by atoms with Gasteiger partial charge in [0.05, 0.1) is 18.1 Å². The summed E-state index contributed by atoms with van der Waals surface area (Å²) in [5.41, 5.74) is 1.74. The van der Waals surface area contributed by atoms with Crippen molar-refractivity contribution in [2.75, 3.05) is 23.3 Å². The summed E-state index contributed by atoms with van der Waals surface area (Å²) in [5, 5.41) is 2.91.